The van der Waals surface area contributed by atoms with E-state index in [9.17, 15) is 4.79 Å². The zero-order valence-corrected chi connectivity index (χ0v) is 15.1. The van der Waals surface area contributed by atoms with E-state index in [0.29, 0.717) is 11.8 Å². The highest BCUT2D eigenvalue weighted by atomic mass is 35.5. The van der Waals surface area contributed by atoms with Crippen molar-refractivity contribution >= 4 is 30.7 Å². The summed E-state index contributed by atoms with van der Waals surface area (Å²) in [5, 5.41) is 3.36. The molecule has 0 radical (unpaired) electrons. The smallest absolute Gasteiger partial charge is 0.226 e. The summed E-state index contributed by atoms with van der Waals surface area (Å²) >= 11 is 0. The van der Waals surface area contributed by atoms with Crippen molar-refractivity contribution in [3.8, 4) is 0 Å². The van der Waals surface area contributed by atoms with Gasteiger partial charge in [-0.25, -0.2) is 0 Å². The van der Waals surface area contributed by atoms with Gasteiger partial charge in [0.1, 0.15) is 0 Å². The van der Waals surface area contributed by atoms with E-state index < -0.39 is 0 Å². The molecule has 0 aromatic rings. The van der Waals surface area contributed by atoms with E-state index in [1.807, 2.05) is 0 Å². The van der Waals surface area contributed by atoms with Crippen molar-refractivity contribution in [2.24, 2.45) is 11.8 Å². The lowest BCUT2D eigenvalue weighted by Gasteiger charge is -2.29. The topological polar surface area (TPSA) is 35.6 Å². The predicted octanol–water partition coefficient (Wildman–Crippen LogP) is 2.16. The van der Waals surface area contributed by atoms with E-state index in [0.717, 1.165) is 39.0 Å². The maximum atomic E-state index is 12.5. The number of nitrogens with zero attached hydrogens (tertiary/aromatic N) is 2. The third-order valence-electron chi connectivity index (χ3n) is 5.21. The van der Waals surface area contributed by atoms with Gasteiger partial charge >= 0.3 is 0 Å². The van der Waals surface area contributed by atoms with Gasteiger partial charge in [-0.3, -0.25) is 4.79 Å². The van der Waals surface area contributed by atoms with Crippen LogP contribution in [0.15, 0.2) is 0 Å². The first-order valence-electron chi connectivity index (χ1n) is 8.55. The Labute approximate surface area is 147 Å². The summed E-state index contributed by atoms with van der Waals surface area (Å²) in [5.74, 6) is 1.38. The average molecular weight is 352 g/mol. The van der Waals surface area contributed by atoms with Gasteiger partial charge in [-0.1, -0.05) is 6.42 Å². The third kappa shape index (κ3) is 5.26. The fourth-order valence-corrected chi connectivity index (χ4v) is 4.01. The summed E-state index contributed by atoms with van der Waals surface area (Å²) in [6.45, 7) is 7.74. The molecule has 1 amide bonds. The van der Waals surface area contributed by atoms with E-state index in [-0.39, 0.29) is 30.7 Å². The first-order chi connectivity index (χ1) is 9.83. The summed E-state index contributed by atoms with van der Waals surface area (Å²) in [4.78, 5) is 17.3. The Morgan fingerprint density at radius 3 is 2.45 bits per heavy atom. The molecule has 0 aliphatic carbocycles. The zero-order valence-electron chi connectivity index (χ0n) is 13.5. The van der Waals surface area contributed by atoms with Gasteiger partial charge in [0.15, 0.2) is 0 Å². The number of carbonyl (C=O) groups excluding carboxylic acids is 1. The minimum atomic E-state index is 0. The second-order valence-corrected chi connectivity index (χ2v) is 6.84. The molecule has 3 heterocycles. The van der Waals surface area contributed by atoms with Crippen LogP contribution in [-0.2, 0) is 4.79 Å². The second kappa shape index (κ2) is 9.96. The normalized spacial score (nSPS) is 29.5. The van der Waals surface area contributed by atoms with Gasteiger partial charge in [-0.15, -0.1) is 24.8 Å². The zero-order chi connectivity index (χ0) is 13.8. The molecule has 3 rings (SSSR count). The number of hydrogen-bond acceptors (Lipinski definition) is 3. The molecule has 6 heteroatoms. The van der Waals surface area contributed by atoms with Crippen LogP contribution in [0.5, 0.6) is 0 Å². The maximum absolute atomic E-state index is 12.5. The predicted molar refractivity (Wildman–Crippen MR) is 95.1 cm³/mol. The van der Waals surface area contributed by atoms with Crippen LogP contribution in [0, 0.1) is 11.8 Å². The minimum absolute atomic E-state index is 0. The Kier molecular flexibility index (Phi) is 9.07. The lowest BCUT2D eigenvalue weighted by atomic mass is 9.98. The number of halogens is 2. The van der Waals surface area contributed by atoms with Gasteiger partial charge in [0.2, 0.25) is 5.91 Å². The summed E-state index contributed by atoms with van der Waals surface area (Å²) < 4.78 is 0. The molecule has 0 aromatic carbocycles. The molecule has 3 saturated heterocycles. The van der Waals surface area contributed by atoms with Crippen LogP contribution >= 0.6 is 24.8 Å². The molecule has 4 nitrogen and oxygen atoms in total. The average Bonchev–Trinajstić information content (AvgIpc) is 2.97. The van der Waals surface area contributed by atoms with Crippen LogP contribution in [-0.4, -0.2) is 61.5 Å². The quantitative estimate of drug-likeness (QED) is 0.846. The SMILES string of the molecule is Cl.Cl.O=C(C1CCCNC1)N1CCC(CN2CCCCC2)C1. The molecule has 2 unspecified atom stereocenters. The van der Waals surface area contributed by atoms with E-state index in [1.54, 1.807) is 0 Å². The van der Waals surface area contributed by atoms with Gasteiger partial charge < -0.3 is 15.1 Å². The number of rotatable bonds is 3. The molecule has 22 heavy (non-hydrogen) atoms. The number of nitrogens with one attached hydrogen (secondary N) is 1. The summed E-state index contributed by atoms with van der Waals surface area (Å²) in [6.07, 6.45) is 7.58. The first kappa shape index (κ1) is 20.0. The Hall–Kier alpha value is -0.0300. The fourth-order valence-electron chi connectivity index (χ4n) is 4.01. The molecule has 2 atom stereocenters. The molecule has 130 valence electrons. The lowest BCUT2D eigenvalue weighted by Crippen LogP contribution is -2.42. The van der Waals surface area contributed by atoms with Gasteiger partial charge in [0, 0.05) is 26.2 Å². The Morgan fingerprint density at radius 1 is 1.00 bits per heavy atom. The van der Waals surface area contributed by atoms with Crippen molar-refractivity contribution in [1.29, 1.82) is 0 Å². The van der Waals surface area contributed by atoms with Crippen LogP contribution in [0.2, 0.25) is 0 Å². The first-order valence-corrected chi connectivity index (χ1v) is 8.55. The van der Waals surface area contributed by atoms with Crippen LogP contribution in [0.3, 0.4) is 0 Å². The number of likely N-dealkylation sites (tertiary alicyclic amines) is 2. The highest BCUT2D eigenvalue weighted by molar-refractivity contribution is 5.85. The highest BCUT2D eigenvalue weighted by Gasteiger charge is 2.32. The lowest BCUT2D eigenvalue weighted by molar-refractivity contribution is -0.135. The summed E-state index contributed by atoms with van der Waals surface area (Å²) in [5.41, 5.74) is 0. The largest absolute Gasteiger partial charge is 0.342 e. The van der Waals surface area contributed by atoms with E-state index in [2.05, 4.69) is 15.1 Å². The molecule has 0 bridgehead atoms. The molecule has 0 spiro atoms. The van der Waals surface area contributed by atoms with E-state index >= 15 is 0 Å². The Bertz CT molecular complexity index is 331. The minimum Gasteiger partial charge on any atom is -0.342 e. The number of hydrogen-bond donors (Lipinski definition) is 1. The van der Waals surface area contributed by atoms with Crippen molar-refractivity contribution in [3.05, 3.63) is 0 Å². The molecular formula is C16H31Cl2N3O. The van der Waals surface area contributed by atoms with Crippen LogP contribution in [0.4, 0.5) is 0 Å². The number of amides is 1. The van der Waals surface area contributed by atoms with E-state index in [1.165, 1.54) is 45.3 Å². The van der Waals surface area contributed by atoms with Crippen molar-refractivity contribution in [1.82, 2.24) is 15.1 Å². The molecule has 0 aromatic heterocycles. The van der Waals surface area contributed by atoms with Gasteiger partial charge in [-0.05, 0) is 57.7 Å². The Morgan fingerprint density at radius 2 is 1.77 bits per heavy atom. The second-order valence-electron chi connectivity index (χ2n) is 6.84. The van der Waals surface area contributed by atoms with Crippen molar-refractivity contribution in [2.75, 3.05) is 45.8 Å². The van der Waals surface area contributed by atoms with Crippen LogP contribution in [0.1, 0.15) is 38.5 Å². The Balaban J connectivity index is 0.00000121. The maximum Gasteiger partial charge on any atom is 0.226 e. The van der Waals surface area contributed by atoms with Gasteiger partial charge in [0.05, 0.1) is 5.92 Å². The van der Waals surface area contributed by atoms with Crippen LogP contribution < -0.4 is 5.32 Å². The van der Waals surface area contributed by atoms with E-state index in [4.69, 9.17) is 0 Å². The summed E-state index contributed by atoms with van der Waals surface area (Å²) in [6, 6.07) is 0. The highest BCUT2D eigenvalue weighted by Crippen LogP contribution is 2.23. The van der Waals surface area contributed by atoms with Crippen molar-refractivity contribution in [3.63, 3.8) is 0 Å². The summed E-state index contributed by atoms with van der Waals surface area (Å²) in [7, 11) is 0. The molecule has 3 fully saturated rings. The standard InChI is InChI=1S/C16H29N3O.2ClH/c20-16(15-5-4-7-17-11-15)19-10-6-14(13-19)12-18-8-2-1-3-9-18;;/h14-15,17H,1-13H2;2*1H. The molecule has 3 aliphatic heterocycles. The number of carbonyl (C=O) groups is 1. The monoisotopic (exact) mass is 351 g/mol. The fraction of sp³-hybridized carbons (Fsp3) is 0.938. The van der Waals surface area contributed by atoms with Crippen molar-refractivity contribution < 1.29 is 4.79 Å². The van der Waals surface area contributed by atoms with Crippen LogP contribution in [0.25, 0.3) is 0 Å². The van der Waals surface area contributed by atoms with Crippen molar-refractivity contribution in [2.45, 2.75) is 38.5 Å². The van der Waals surface area contributed by atoms with Gasteiger partial charge in [0.25, 0.3) is 0 Å². The molecule has 0 saturated carbocycles. The molecule has 1 N–H and O–H groups in total. The molecular weight excluding hydrogens is 321 g/mol. The molecule has 3 aliphatic rings. The third-order valence-corrected chi connectivity index (χ3v) is 5.21. The number of piperidine rings is 2. The van der Waals surface area contributed by atoms with Gasteiger partial charge in [-0.2, -0.15) is 0 Å².